The molecular formula is C13H22N4. The molecule has 4 nitrogen and oxygen atoms in total. The van der Waals surface area contributed by atoms with E-state index < -0.39 is 0 Å². The minimum atomic E-state index is 0.529. The van der Waals surface area contributed by atoms with Gasteiger partial charge in [-0.25, -0.2) is 0 Å². The lowest BCUT2D eigenvalue weighted by atomic mass is 9.96. The maximum Gasteiger partial charge on any atom is 0.0312 e. The van der Waals surface area contributed by atoms with Crippen molar-refractivity contribution in [1.29, 1.82) is 0 Å². The van der Waals surface area contributed by atoms with Crippen LogP contribution in [0.2, 0.25) is 0 Å². The minimum absolute atomic E-state index is 0.529. The first-order chi connectivity index (χ1) is 8.16. The highest BCUT2D eigenvalue weighted by atomic mass is 15.4. The number of nitrogens with zero attached hydrogens (tertiary/aromatic N) is 2. The fraction of sp³-hybridized carbons (Fsp3) is 0.615. The van der Waals surface area contributed by atoms with Crippen molar-refractivity contribution < 1.29 is 0 Å². The van der Waals surface area contributed by atoms with Crippen LogP contribution in [0.4, 0.5) is 0 Å². The van der Waals surface area contributed by atoms with Gasteiger partial charge < -0.3 is 4.90 Å². The van der Waals surface area contributed by atoms with Crippen LogP contribution in [0.1, 0.15) is 19.4 Å². The molecule has 4 heteroatoms. The average Bonchev–Trinajstić information content (AvgIpc) is 2.62. The van der Waals surface area contributed by atoms with Gasteiger partial charge in [0.15, 0.2) is 0 Å². The Morgan fingerprint density at radius 3 is 2.59 bits per heavy atom. The molecule has 2 N–H and O–H groups in total. The first-order valence-corrected chi connectivity index (χ1v) is 6.25. The highest BCUT2D eigenvalue weighted by Crippen LogP contribution is 2.16. The Balaban J connectivity index is 1.87. The van der Waals surface area contributed by atoms with Crippen molar-refractivity contribution in [2.45, 2.75) is 32.5 Å². The monoisotopic (exact) mass is 234 g/mol. The molecule has 2 heterocycles. The Labute approximate surface area is 103 Å². The first-order valence-electron chi connectivity index (χ1n) is 6.25. The van der Waals surface area contributed by atoms with Crippen LogP contribution >= 0.6 is 0 Å². The predicted molar refractivity (Wildman–Crippen MR) is 69.3 cm³/mol. The van der Waals surface area contributed by atoms with Crippen LogP contribution in [-0.2, 0) is 6.54 Å². The van der Waals surface area contributed by atoms with Crippen molar-refractivity contribution in [2.75, 3.05) is 13.6 Å². The van der Waals surface area contributed by atoms with Crippen molar-refractivity contribution in [2.24, 2.45) is 5.92 Å². The summed E-state index contributed by atoms with van der Waals surface area (Å²) in [5.41, 5.74) is 7.87. The van der Waals surface area contributed by atoms with Crippen LogP contribution < -0.4 is 10.9 Å². The molecule has 1 aliphatic rings. The van der Waals surface area contributed by atoms with E-state index >= 15 is 0 Å². The van der Waals surface area contributed by atoms with E-state index in [-0.39, 0.29) is 0 Å². The lowest BCUT2D eigenvalue weighted by Crippen LogP contribution is -2.35. The number of aromatic nitrogens is 1. The number of hydrogen-bond acceptors (Lipinski definition) is 4. The summed E-state index contributed by atoms with van der Waals surface area (Å²) in [4.78, 5) is 6.51. The average molecular weight is 234 g/mol. The maximum absolute atomic E-state index is 4.15. The summed E-state index contributed by atoms with van der Waals surface area (Å²) in [6.07, 6.45) is 3.76. The SMILES string of the molecule is CC1NNC(C)C1CN(C)Cc1cccnc1. The van der Waals surface area contributed by atoms with Crippen LogP contribution in [0.25, 0.3) is 0 Å². The second kappa shape index (κ2) is 5.58. The zero-order valence-electron chi connectivity index (χ0n) is 10.9. The van der Waals surface area contributed by atoms with Gasteiger partial charge in [0.25, 0.3) is 0 Å². The number of hydrazine groups is 1. The van der Waals surface area contributed by atoms with E-state index in [4.69, 9.17) is 0 Å². The molecule has 0 radical (unpaired) electrons. The van der Waals surface area contributed by atoms with Crippen molar-refractivity contribution in [3.8, 4) is 0 Å². The van der Waals surface area contributed by atoms with Crippen LogP contribution in [0, 0.1) is 5.92 Å². The Morgan fingerprint density at radius 1 is 1.29 bits per heavy atom. The molecule has 17 heavy (non-hydrogen) atoms. The Kier molecular flexibility index (Phi) is 4.10. The second-order valence-electron chi connectivity index (χ2n) is 5.09. The van der Waals surface area contributed by atoms with Gasteiger partial charge in [0.2, 0.25) is 0 Å². The molecule has 0 amide bonds. The molecule has 1 aliphatic heterocycles. The van der Waals surface area contributed by atoms with Crippen LogP contribution in [0.15, 0.2) is 24.5 Å². The Bertz CT molecular complexity index is 331. The van der Waals surface area contributed by atoms with Crippen molar-refractivity contribution in [1.82, 2.24) is 20.7 Å². The van der Waals surface area contributed by atoms with E-state index in [0.29, 0.717) is 18.0 Å². The Morgan fingerprint density at radius 2 is 2.00 bits per heavy atom. The molecule has 0 saturated carbocycles. The molecule has 0 aromatic carbocycles. The van der Waals surface area contributed by atoms with E-state index in [0.717, 1.165) is 13.1 Å². The number of hydrogen-bond donors (Lipinski definition) is 2. The van der Waals surface area contributed by atoms with Crippen molar-refractivity contribution in [3.05, 3.63) is 30.1 Å². The highest BCUT2D eigenvalue weighted by molar-refractivity contribution is 5.08. The van der Waals surface area contributed by atoms with E-state index in [2.05, 4.69) is 47.7 Å². The smallest absolute Gasteiger partial charge is 0.0312 e. The zero-order valence-corrected chi connectivity index (χ0v) is 10.9. The first kappa shape index (κ1) is 12.5. The van der Waals surface area contributed by atoms with Crippen LogP contribution in [0.3, 0.4) is 0 Å². The molecule has 1 aromatic rings. The number of rotatable bonds is 4. The predicted octanol–water partition coefficient (Wildman–Crippen LogP) is 1.01. The van der Waals surface area contributed by atoms with Gasteiger partial charge in [-0.15, -0.1) is 0 Å². The minimum Gasteiger partial charge on any atom is -0.302 e. The molecule has 94 valence electrons. The fourth-order valence-electron chi connectivity index (χ4n) is 2.45. The summed E-state index contributed by atoms with van der Waals surface area (Å²) in [5.74, 6) is 0.650. The molecule has 0 aliphatic carbocycles. The third kappa shape index (κ3) is 3.25. The van der Waals surface area contributed by atoms with Gasteiger partial charge in [-0.2, -0.15) is 0 Å². The summed E-state index contributed by atoms with van der Waals surface area (Å²) >= 11 is 0. The normalized spacial score (nSPS) is 28.8. The van der Waals surface area contributed by atoms with Gasteiger partial charge in [-0.3, -0.25) is 15.8 Å². The van der Waals surface area contributed by atoms with Crippen molar-refractivity contribution >= 4 is 0 Å². The molecule has 2 atom stereocenters. The summed E-state index contributed by atoms with van der Waals surface area (Å²) in [5, 5.41) is 0. The lowest BCUT2D eigenvalue weighted by molar-refractivity contribution is 0.249. The molecule has 1 saturated heterocycles. The van der Waals surface area contributed by atoms with Crippen LogP contribution in [0.5, 0.6) is 0 Å². The molecular weight excluding hydrogens is 212 g/mol. The molecule has 1 fully saturated rings. The summed E-state index contributed by atoms with van der Waals surface area (Å²) in [6, 6.07) is 5.18. The molecule has 2 rings (SSSR count). The van der Waals surface area contributed by atoms with Gasteiger partial charge in [-0.1, -0.05) is 6.07 Å². The van der Waals surface area contributed by atoms with E-state index in [9.17, 15) is 0 Å². The van der Waals surface area contributed by atoms with E-state index in [1.54, 1.807) is 0 Å². The van der Waals surface area contributed by atoms with E-state index in [1.807, 2.05) is 18.5 Å². The quantitative estimate of drug-likeness (QED) is 0.816. The fourth-order valence-corrected chi connectivity index (χ4v) is 2.45. The third-order valence-electron chi connectivity index (χ3n) is 3.52. The molecule has 2 unspecified atom stereocenters. The van der Waals surface area contributed by atoms with Crippen LogP contribution in [-0.4, -0.2) is 35.6 Å². The summed E-state index contributed by atoms with van der Waals surface area (Å²) in [6.45, 7) is 6.53. The number of pyridine rings is 1. The second-order valence-corrected chi connectivity index (χ2v) is 5.09. The topological polar surface area (TPSA) is 40.2 Å². The Hall–Kier alpha value is -0.970. The molecule has 1 aromatic heterocycles. The number of nitrogens with one attached hydrogen (secondary N) is 2. The lowest BCUT2D eigenvalue weighted by Gasteiger charge is -2.25. The summed E-state index contributed by atoms with van der Waals surface area (Å²) in [7, 11) is 2.17. The highest BCUT2D eigenvalue weighted by Gasteiger charge is 2.30. The maximum atomic E-state index is 4.15. The molecule has 0 spiro atoms. The van der Waals surface area contributed by atoms with Gasteiger partial charge in [0, 0.05) is 43.5 Å². The van der Waals surface area contributed by atoms with Gasteiger partial charge in [0.1, 0.15) is 0 Å². The van der Waals surface area contributed by atoms with Gasteiger partial charge in [-0.05, 0) is 32.5 Å². The van der Waals surface area contributed by atoms with E-state index in [1.165, 1.54) is 5.56 Å². The molecule has 0 bridgehead atoms. The van der Waals surface area contributed by atoms with Gasteiger partial charge >= 0.3 is 0 Å². The van der Waals surface area contributed by atoms with Crippen molar-refractivity contribution in [3.63, 3.8) is 0 Å². The third-order valence-corrected chi connectivity index (χ3v) is 3.52. The standard InChI is InChI=1S/C13H22N4/c1-10-13(11(2)16-15-10)9-17(3)8-12-5-4-6-14-7-12/h4-7,10-11,13,15-16H,8-9H2,1-3H3. The summed E-state index contributed by atoms with van der Waals surface area (Å²) < 4.78 is 0. The van der Waals surface area contributed by atoms with Gasteiger partial charge in [0.05, 0.1) is 0 Å². The zero-order chi connectivity index (χ0) is 12.3. The largest absolute Gasteiger partial charge is 0.302 e.